The molecule has 28 heavy (non-hydrogen) atoms. The zero-order valence-electron chi connectivity index (χ0n) is 16.2. The predicted molar refractivity (Wildman–Crippen MR) is 105 cm³/mol. The second-order valence-corrected chi connectivity index (χ2v) is 9.74. The number of carbonyl (C=O) groups is 2. The Labute approximate surface area is 166 Å². The van der Waals surface area contributed by atoms with E-state index in [9.17, 15) is 18.0 Å². The largest absolute Gasteiger partial charge is 0.481 e. The molecular weight excluding hydrogens is 380 g/mol. The SMILES string of the molecule is Cc1ccc(S(=O)(=O)N2CCC(C(=O)O)CC2)cc1C(=O)NC1CCCCC1. The third-order valence-corrected chi connectivity index (χ3v) is 7.73. The van der Waals surface area contributed by atoms with E-state index in [4.69, 9.17) is 5.11 Å². The number of nitrogens with zero attached hydrogens (tertiary/aromatic N) is 1. The van der Waals surface area contributed by atoms with Crippen molar-refractivity contribution in [2.24, 2.45) is 5.92 Å². The number of benzene rings is 1. The summed E-state index contributed by atoms with van der Waals surface area (Å²) in [5.74, 6) is -1.61. The maximum atomic E-state index is 13.0. The van der Waals surface area contributed by atoms with Crippen LogP contribution >= 0.6 is 0 Å². The number of hydrogen-bond acceptors (Lipinski definition) is 4. The third kappa shape index (κ3) is 4.55. The lowest BCUT2D eigenvalue weighted by Crippen LogP contribution is -2.40. The van der Waals surface area contributed by atoms with Gasteiger partial charge in [0.1, 0.15) is 0 Å². The van der Waals surface area contributed by atoms with Gasteiger partial charge in [0, 0.05) is 24.7 Å². The molecular formula is C20H28N2O5S. The topological polar surface area (TPSA) is 104 Å². The van der Waals surface area contributed by atoms with Crippen LogP contribution in [0.3, 0.4) is 0 Å². The van der Waals surface area contributed by atoms with E-state index in [0.717, 1.165) is 31.2 Å². The summed E-state index contributed by atoms with van der Waals surface area (Å²) in [6.07, 6.45) is 5.92. The first-order valence-electron chi connectivity index (χ1n) is 9.93. The average molecular weight is 409 g/mol. The predicted octanol–water partition coefficient (Wildman–Crippen LogP) is 2.54. The molecule has 0 aromatic heterocycles. The first-order valence-corrected chi connectivity index (χ1v) is 11.4. The lowest BCUT2D eigenvalue weighted by atomic mass is 9.95. The van der Waals surface area contributed by atoms with E-state index in [1.54, 1.807) is 13.0 Å². The van der Waals surface area contributed by atoms with Gasteiger partial charge in [0.2, 0.25) is 10.0 Å². The van der Waals surface area contributed by atoms with Gasteiger partial charge in [0.05, 0.1) is 10.8 Å². The van der Waals surface area contributed by atoms with Crippen LogP contribution < -0.4 is 5.32 Å². The number of amides is 1. The molecule has 2 fully saturated rings. The summed E-state index contributed by atoms with van der Waals surface area (Å²) in [6, 6.07) is 4.78. The molecule has 0 unspecified atom stereocenters. The van der Waals surface area contributed by atoms with E-state index in [1.165, 1.54) is 22.9 Å². The van der Waals surface area contributed by atoms with E-state index >= 15 is 0 Å². The number of rotatable bonds is 5. The average Bonchev–Trinajstić information content (AvgIpc) is 2.69. The van der Waals surface area contributed by atoms with Crippen LogP contribution in [0.5, 0.6) is 0 Å². The molecule has 2 aliphatic rings. The van der Waals surface area contributed by atoms with Gasteiger partial charge in [-0.15, -0.1) is 0 Å². The maximum Gasteiger partial charge on any atom is 0.306 e. The van der Waals surface area contributed by atoms with Gasteiger partial charge in [-0.25, -0.2) is 8.42 Å². The lowest BCUT2D eigenvalue weighted by Gasteiger charge is -2.29. The van der Waals surface area contributed by atoms with Crippen LogP contribution in [0.2, 0.25) is 0 Å². The third-order valence-electron chi connectivity index (χ3n) is 5.83. The van der Waals surface area contributed by atoms with Gasteiger partial charge in [0.15, 0.2) is 0 Å². The highest BCUT2D eigenvalue weighted by atomic mass is 32.2. The fraction of sp³-hybridized carbons (Fsp3) is 0.600. The Bertz CT molecular complexity index is 838. The Balaban J connectivity index is 1.76. The number of aliphatic carboxylic acids is 1. The molecule has 2 N–H and O–H groups in total. The zero-order chi connectivity index (χ0) is 20.3. The van der Waals surface area contributed by atoms with Gasteiger partial charge < -0.3 is 10.4 Å². The number of sulfonamides is 1. The molecule has 0 bridgehead atoms. The second-order valence-electron chi connectivity index (χ2n) is 7.80. The van der Waals surface area contributed by atoms with Gasteiger partial charge in [-0.05, 0) is 50.3 Å². The Morgan fingerprint density at radius 2 is 1.71 bits per heavy atom. The molecule has 1 aliphatic heterocycles. The van der Waals surface area contributed by atoms with Gasteiger partial charge in [-0.2, -0.15) is 4.31 Å². The van der Waals surface area contributed by atoms with E-state index in [2.05, 4.69) is 5.32 Å². The highest BCUT2D eigenvalue weighted by Crippen LogP contribution is 2.26. The minimum Gasteiger partial charge on any atom is -0.481 e. The minimum absolute atomic E-state index is 0.0840. The molecule has 0 spiro atoms. The van der Waals surface area contributed by atoms with Crippen molar-refractivity contribution in [3.63, 3.8) is 0 Å². The number of carbonyl (C=O) groups excluding carboxylic acids is 1. The summed E-state index contributed by atoms with van der Waals surface area (Å²) in [4.78, 5) is 23.9. The van der Waals surface area contributed by atoms with Crippen LogP contribution in [0.1, 0.15) is 60.9 Å². The van der Waals surface area contributed by atoms with E-state index in [1.807, 2.05) is 0 Å². The van der Waals surface area contributed by atoms with Crippen LogP contribution in [0.15, 0.2) is 23.1 Å². The normalized spacial score (nSPS) is 20.0. The van der Waals surface area contributed by atoms with Crippen LogP contribution in [-0.2, 0) is 14.8 Å². The molecule has 7 nitrogen and oxygen atoms in total. The summed E-state index contributed by atoms with van der Waals surface area (Å²) < 4.78 is 27.3. The van der Waals surface area contributed by atoms with Gasteiger partial charge in [-0.1, -0.05) is 25.3 Å². The van der Waals surface area contributed by atoms with Gasteiger partial charge in [-0.3, -0.25) is 9.59 Å². The maximum absolute atomic E-state index is 13.0. The Morgan fingerprint density at radius 3 is 2.32 bits per heavy atom. The summed E-state index contributed by atoms with van der Waals surface area (Å²) in [6.45, 7) is 2.15. The quantitative estimate of drug-likeness (QED) is 0.779. The van der Waals surface area contributed by atoms with Crippen LogP contribution in [0.4, 0.5) is 0 Å². The Hall–Kier alpha value is -1.93. The van der Waals surface area contributed by atoms with Gasteiger partial charge in [0.25, 0.3) is 5.91 Å². The molecule has 1 aromatic rings. The minimum atomic E-state index is -3.76. The smallest absolute Gasteiger partial charge is 0.306 e. The van der Waals surface area contributed by atoms with Crippen LogP contribution in [-0.4, -0.2) is 48.8 Å². The van der Waals surface area contributed by atoms with Crippen molar-refractivity contribution >= 4 is 21.9 Å². The molecule has 1 saturated carbocycles. The van der Waals surface area contributed by atoms with Crippen LogP contribution in [0.25, 0.3) is 0 Å². The monoisotopic (exact) mass is 408 g/mol. The van der Waals surface area contributed by atoms with Crippen molar-refractivity contribution < 1.29 is 23.1 Å². The number of carboxylic acid groups (broad SMARTS) is 1. The number of carboxylic acids is 1. The number of hydrogen-bond donors (Lipinski definition) is 2. The first-order chi connectivity index (χ1) is 13.3. The molecule has 1 aliphatic carbocycles. The van der Waals surface area contributed by atoms with Crippen molar-refractivity contribution in [1.82, 2.24) is 9.62 Å². The van der Waals surface area contributed by atoms with Crippen molar-refractivity contribution in [3.05, 3.63) is 29.3 Å². The molecule has 154 valence electrons. The summed E-state index contributed by atoms with van der Waals surface area (Å²) in [7, 11) is -3.76. The molecule has 1 aromatic carbocycles. The summed E-state index contributed by atoms with van der Waals surface area (Å²) in [5, 5.41) is 12.1. The summed E-state index contributed by atoms with van der Waals surface area (Å²) >= 11 is 0. The molecule has 0 atom stereocenters. The molecule has 1 saturated heterocycles. The molecule has 1 amide bonds. The van der Waals surface area contributed by atoms with E-state index in [-0.39, 0.29) is 29.9 Å². The van der Waals surface area contributed by atoms with Gasteiger partial charge >= 0.3 is 5.97 Å². The number of nitrogens with one attached hydrogen (secondary N) is 1. The lowest BCUT2D eigenvalue weighted by molar-refractivity contribution is -0.142. The Morgan fingerprint density at radius 1 is 1.07 bits per heavy atom. The second kappa shape index (κ2) is 8.61. The number of piperidine rings is 1. The molecule has 0 radical (unpaired) electrons. The molecule has 1 heterocycles. The molecule has 3 rings (SSSR count). The standard InChI is InChI=1S/C20H28N2O5S/c1-14-7-8-17(13-18(14)19(23)21-16-5-3-2-4-6-16)28(26,27)22-11-9-15(10-12-22)20(24)25/h7-8,13,15-16H,2-6,9-12H2,1H3,(H,21,23)(H,24,25). The van der Waals surface area contributed by atoms with Crippen molar-refractivity contribution in [1.29, 1.82) is 0 Å². The van der Waals surface area contributed by atoms with Crippen molar-refractivity contribution in [3.8, 4) is 0 Å². The van der Waals surface area contributed by atoms with Crippen molar-refractivity contribution in [2.75, 3.05) is 13.1 Å². The highest BCUT2D eigenvalue weighted by Gasteiger charge is 2.32. The molecule has 8 heteroatoms. The highest BCUT2D eigenvalue weighted by molar-refractivity contribution is 7.89. The van der Waals surface area contributed by atoms with Crippen molar-refractivity contribution in [2.45, 2.75) is 62.8 Å². The zero-order valence-corrected chi connectivity index (χ0v) is 17.0. The van der Waals surface area contributed by atoms with Crippen LogP contribution in [0, 0.1) is 12.8 Å². The van der Waals surface area contributed by atoms with E-state index in [0.29, 0.717) is 18.4 Å². The fourth-order valence-corrected chi connectivity index (χ4v) is 5.50. The summed E-state index contributed by atoms with van der Waals surface area (Å²) in [5.41, 5.74) is 1.11. The first kappa shape index (κ1) is 20.8. The fourth-order valence-electron chi connectivity index (χ4n) is 4.01. The number of aryl methyl sites for hydroxylation is 1. The Kier molecular flexibility index (Phi) is 6.40. The van der Waals surface area contributed by atoms with E-state index < -0.39 is 21.9 Å².